The maximum absolute atomic E-state index is 12.8. The van der Waals surface area contributed by atoms with Gasteiger partial charge in [-0.2, -0.15) is 0 Å². The summed E-state index contributed by atoms with van der Waals surface area (Å²) in [5, 5.41) is 0. The zero-order chi connectivity index (χ0) is 22.2. The van der Waals surface area contributed by atoms with Crippen LogP contribution >= 0.6 is 0 Å². The van der Waals surface area contributed by atoms with Crippen LogP contribution in [0.25, 0.3) is 0 Å². The van der Waals surface area contributed by atoms with E-state index < -0.39 is 21.5 Å². The fraction of sp³-hybridized carbons (Fsp3) is 0.391. The van der Waals surface area contributed by atoms with Crippen molar-refractivity contribution in [1.29, 1.82) is 0 Å². The summed E-state index contributed by atoms with van der Waals surface area (Å²) in [4.78, 5) is 27.1. The number of nitrogens with one attached hydrogen (secondary N) is 1. The summed E-state index contributed by atoms with van der Waals surface area (Å²) in [7, 11) is -3.98. The number of rotatable bonds is 5. The van der Waals surface area contributed by atoms with Crippen LogP contribution in [-0.2, 0) is 31.4 Å². The number of carbonyl (C=O) groups is 2. The number of amides is 2. The van der Waals surface area contributed by atoms with E-state index in [1.54, 1.807) is 25.1 Å². The van der Waals surface area contributed by atoms with Crippen LogP contribution in [0.2, 0.25) is 0 Å². The topological polar surface area (TPSA) is 83.6 Å². The van der Waals surface area contributed by atoms with Crippen molar-refractivity contribution in [3.63, 3.8) is 0 Å². The summed E-state index contributed by atoms with van der Waals surface area (Å²) < 4.78 is 27.1. The second-order valence-corrected chi connectivity index (χ2v) is 10.6. The molecule has 1 saturated heterocycles. The monoisotopic (exact) mass is 428 g/mol. The number of hydrogen-bond donors (Lipinski definition) is 1. The smallest absolute Gasteiger partial charge is 0.264 e. The van der Waals surface area contributed by atoms with Crippen molar-refractivity contribution in [3.05, 3.63) is 65.7 Å². The normalized spacial score (nSPS) is 19.1. The molecule has 2 amide bonds. The van der Waals surface area contributed by atoms with Crippen molar-refractivity contribution in [3.8, 4) is 0 Å². The molecule has 0 spiro atoms. The summed E-state index contributed by atoms with van der Waals surface area (Å²) in [5.74, 6) is -0.881. The van der Waals surface area contributed by atoms with E-state index in [9.17, 15) is 18.0 Å². The molecule has 1 N–H and O–H groups in total. The molecule has 1 aliphatic rings. The van der Waals surface area contributed by atoms with E-state index in [0.29, 0.717) is 13.0 Å². The van der Waals surface area contributed by atoms with Crippen LogP contribution in [0, 0.1) is 0 Å². The zero-order valence-corrected chi connectivity index (χ0v) is 18.6. The highest BCUT2D eigenvalue weighted by Gasteiger charge is 2.50. The number of nitrogens with zero attached hydrogens (tertiary/aromatic N) is 1. The highest BCUT2D eigenvalue weighted by Crippen LogP contribution is 2.32. The number of sulfonamides is 1. The molecule has 0 saturated carbocycles. The van der Waals surface area contributed by atoms with Gasteiger partial charge in [0.2, 0.25) is 5.91 Å². The third-order valence-electron chi connectivity index (χ3n) is 5.66. The van der Waals surface area contributed by atoms with Gasteiger partial charge in [-0.1, -0.05) is 63.2 Å². The van der Waals surface area contributed by atoms with Crippen LogP contribution in [0.1, 0.15) is 45.2 Å². The van der Waals surface area contributed by atoms with Gasteiger partial charge in [0.1, 0.15) is 5.54 Å². The SMILES string of the molecule is CC(C)(C)c1ccc(CC(=O)N2CCC2(C)C(=O)NS(=O)(=O)c2ccccc2)cc1. The Labute approximate surface area is 178 Å². The predicted molar refractivity (Wildman–Crippen MR) is 115 cm³/mol. The molecule has 1 atom stereocenters. The molecule has 1 heterocycles. The number of likely N-dealkylation sites (tertiary alicyclic amines) is 1. The molecular formula is C23H28N2O4S. The molecule has 1 aliphatic heterocycles. The van der Waals surface area contributed by atoms with E-state index in [1.807, 2.05) is 24.3 Å². The van der Waals surface area contributed by atoms with Gasteiger partial charge in [-0.3, -0.25) is 9.59 Å². The van der Waals surface area contributed by atoms with Crippen molar-refractivity contribution in [2.24, 2.45) is 0 Å². The molecule has 0 aliphatic carbocycles. The van der Waals surface area contributed by atoms with Crippen molar-refractivity contribution < 1.29 is 18.0 Å². The zero-order valence-electron chi connectivity index (χ0n) is 17.8. The Morgan fingerprint density at radius 3 is 2.13 bits per heavy atom. The van der Waals surface area contributed by atoms with E-state index in [1.165, 1.54) is 22.6 Å². The highest BCUT2D eigenvalue weighted by molar-refractivity contribution is 7.90. The van der Waals surface area contributed by atoms with Crippen molar-refractivity contribution in [2.45, 2.75) is 56.4 Å². The lowest BCUT2D eigenvalue weighted by atomic mass is 9.84. The van der Waals surface area contributed by atoms with E-state index in [0.717, 1.165) is 5.56 Å². The predicted octanol–water partition coefficient (Wildman–Crippen LogP) is 3.02. The molecule has 3 rings (SSSR count). The van der Waals surface area contributed by atoms with Crippen molar-refractivity contribution in [1.82, 2.24) is 9.62 Å². The third kappa shape index (κ3) is 4.41. The molecule has 160 valence electrons. The second kappa shape index (κ2) is 7.87. The summed E-state index contributed by atoms with van der Waals surface area (Å²) in [6.45, 7) is 8.41. The molecular weight excluding hydrogens is 400 g/mol. The van der Waals surface area contributed by atoms with Gasteiger partial charge in [0.05, 0.1) is 11.3 Å². The van der Waals surface area contributed by atoms with E-state index in [-0.39, 0.29) is 22.6 Å². The fourth-order valence-electron chi connectivity index (χ4n) is 3.48. The molecule has 0 radical (unpaired) electrons. The standard InChI is InChI=1S/C23H28N2O4S/c1-22(2,3)18-12-10-17(11-13-18)16-20(26)25-15-14-23(25,4)21(27)24-30(28,29)19-8-6-5-7-9-19/h5-13H,14-16H2,1-4H3,(H,24,27). The van der Waals surface area contributed by atoms with Gasteiger partial charge in [0, 0.05) is 6.54 Å². The van der Waals surface area contributed by atoms with Gasteiger partial charge in [0.25, 0.3) is 15.9 Å². The molecule has 0 aromatic heterocycles. The summed E-state index contributed by atoms with van der Waals surface area (Å²) >= 11 is 0. The Morgan fingerprint density at radius 2 is 1.63 bits per heavy atom. The van der Waals surface area contributed by atoms with Crippen LogP contribution in [-0.4, -0.2) is 37.2 Å². The first-order chi connectivity index (χ1) is 13.9. The van der Waals surface area contributed by atoms with Crippen LogP contribution in [0.4, 0.5) is 0 Å². The number of hydrogen-bond acceptors (Lipinski definition) is 4. The average Bonchev–Trinajstić information content (AvgIpc) is 2.66. The largest absolute Gasteiger partial charge is 0.328 e. The van der Waals surface area contributed by atoms with Crippen molar-refractivity contribution >= 4 is 21.8 Å². The fourth-order valence-corrected chi connectivity index (χ4v) is 4.58. The van der Waals surface area contributed by atoms with Gasteiger partial charge in [-0.15, -0.1) is 0 Å². The number of carbonyl (C=O) groups excluding carboxylic acids is 2. The maximum atomic E-state index is 12.8. The van der Waals surface area contributed by atoms with Crippen LogP contribution in [0.3, 0.4) is 0 Å². The molecule has 2 aromatic carbocycles. The lowest BCUT2D eigenvalue weighted by molar-refractivity contribution is -0.156. The lowest BCUT2D eigenvalue weighted by Crippen LogP contribution is -2.68. The molecule has 2 aromatic rings. The lowest BCUT2D eigenvalue weighted by Gasteiger charge is -2.49. The second-order valence-electron chi connectivity index (χ2n) is 8.94. The molecule has 0 bridgehead atoms. The molecule has 30 heavy (non-hydrogen) atoms. The molecule has 7 heteroatoms. The van der Waals surface area contributed by atoms with Crippen LogP contribution in [0.5, 0.6) is 0 Å². The van der Waals surface area contributed by atoms with E-state index >= 15 is 0 Å². The van der Waals surface area contributed by atoms with Gasteiger partial charge < -0.3 is 4.90 Å². The van der Waals surface area contributed by atoms with E-state index in [2.05, 4.69) is 25.5 Å². The van der Waals surface area contributed by atoms with Gasteiger partial charge in [0.15, 0.2) is 0 Å². The Kier molecular flexibility index (Phi) is 5.78. The summed E-state index contributed by atoms with van der Waals surface area (Å²) in [6.07, 6.45) is 0.580. The Morgan fingerprint density at radius 1 is 1.03 bits per heavy atom. The first-order valence-electron chi connectivity index (χ1n) is 9.96. The van der Waals surface area contributed by atoms with Gasteiger partial charge in [-0.05, 0) is 42.0 Å². The minimum Gasteiger partial charge on any atom is -0.328 e. The minimum atomic E-state index is -3.98. The highest BCUT2D eigenvalue weighted by atomic mass is 32.2. The molecule has 6 nitrogen and oxygen atoms in total. The first kappa shape index (κ1) is 22.0. The van der Waals surface area contributed by atoms with Crippen LogP contribution < -0.4 is 4.72 Å². The Hall–Kier alpha value is -2.67. The third-order valence-corrected chi connectivity index (χ3v) is 7.01. The van der Waals surface area contributed by atoms with Crippen molar-refractivity contribution in [2.75, 3.05) is 6.54 Å². The van der Waals surface area contributed by atoms with E-state index in [4.69, 9.17) is 0 Å². The number of benzene rings is 2. The summed E-state index contributed by atoms with van der Waals surface area (Å²) in [5.41, 5.74) is 0.892. The average molecular weight is 429 g/mol. The van der Waals surface area contributed by atoms with Crippen LogP contribution in [0.15, 0.2) is 59.5 Å². The molecule has 1 unspecified atom stereocenters. The first-order valence-corrected chi connectivity index (χ1v) is 11.4. The quantitative estimate of drug-likeness (QED) is 0.794. The minimum absolute atomic E-state index is 0.0121. The summed E-state index contributed by atoms with van der Waals surface area (Å²) in [6, 6.07) is 15.6. The maximum Gasteiger partial charge on any atom is 0.264 e. The van der Waals surface area contributed by atoms with Gasteiger partial charge >= 0.3 is 0 Å². The molecule has 1 fully saturated rings. The van der Waals surface area contributed by atoms with Gasteiger partial charge in [-0.25, -0.2) is 13.1 Å². The Bertz CT molecular complexity index is 1040. The Balaban J connectivity index is 1.69.